The topological polar surface area (TPSA) is 56.0 Å². The molecule has 0 aliphatic heterocycles. The Morgan fingerprint density at radius 1 is 1.57 bits per heavy atom. The Morgan fingerprint density at radius 2 is 2.36 bits per heavy atom. The van der Waals surface area contributed by atoms with Crippen molar-refractivity contribution in [3.05, 3.63) is 35.4 Å². The molecule has 3 heteroatoms. The maximum atomic E-state index is 9.72. The van der Waals surface area contributed by atoms with Crippen LogP contribution in [0.3, 0.4) is 0 Å². The lowest BCUT2D eigenvalue weighted by atomic mass is 10.0. The number of rotatable bonds is 4. The van der Waals surface area contributed by atoms with Gasteiger partial charge in [-0.05, 0) is 37.7 Å². The van der Waals surface area contributed by atoms with Gasteiger partial charge in [-0.1, -0.05) is 12.1 Å². The fourth-order valence-corrected chi connectivity index (χ4v) is 1.26. The minimum atomic E-state index is -0.490. The Kier molecular flexibility index (Phi) is 4.11. The first kappa shape index (κ1) is 10.7. The number of aliphatic hydroxyl groups excluding tert-OH is 1. The first-order chi connectivity index (χ1) is 6.77. The van der Waals surface area contributed by atoms with E-state index in [9.17, 15) is 5.11 Å². The molecule has 0 fully saturated rings. The second-order valence-electron chi connectivity index (χ2n) is 3.15. The second-order valence-corrected chi connectivity index (χ2v) is 3.15. The van der Waals surface area contributed by atoms with Crippen LogP contribution >= 0.6 is 0 Å². The lowest BCUT2D eigenvalue weighted by Crippen LogP contribution is -2.11. The van der Waals surface area contributed by atoms with Crippen LogP contribution in [0.4, 0.5) is 0 Å². The zero-order valence-electron chi connectivity index (χ0n) is 8.20. The molecule has 0 aliphatic rings. The van der Waals surface area contributed by atoms with Crippen LogP contribution in [0, 0.1) is 11.3 Å². The van der Waals surface area contributed by atoms with Gasteiger partial charge in [-0.15, -0.1) is 0 Å². The van der Waals surface area contributed by atoms with E-state index in [1.54, 1.807) is 18.2 Å². The molecule has 0 saturated carbocycles. The van der Waals surface area contributed by atoms with E-state index in [4.69, 9.17) is 5.26 Å². The average molecular weight is 190 g/mol. The number of aliphatic hydroxyl groups is 1. The molecule has 0 radical (unpaired) electrons. The van der Waals surface area contributed by atoms with Gasteiger partial charge in [0.15, 0.2) is 0 Å². The van der Waals surface area contributed by atoms with E-state index in [1.165, 1.54) is 0 Å². The molecule has 2 N–H and O–H groups in total. The number of hydrogen-bond donors (Lipinski definition) is 2. The Labute approximate surface area is 84.0 Å². The minimum absolute atomic E-state index is 0.490. The molecule has 0 amide bonds. The highest BCUT2D eigenvalue weighted by Crippen LogP contribution is 2.16. The van der Waals surface area contributed by atoms with Crippen molar-refractivity contribution < 1.29 is 5.11 Å². The first-order valence-electron chi connectivity index (χ1n) is 4.60. The molecular weight excluding hydrogens is 176 g/mol. The monoisotopic (exact) mass is 190 g/mol. The van der Waals surface area contributed by atoms with E-state index in [-0.39, 0.29) is 0 Å². The zero-order chi connectivity index (χ0) is 10.4. The van der Waals surface area contributed by atoms with Crippen molar-refractivity contribution >= 4 is 0 Å². The third kappa shape index (κ3) is 2.84. The Hall–Kier alpha value is -1.37. The van der Waals surface area contributed by atoms with E-state index in [1.807, 2.05) is 13.1 Å². The maximum Gasteiger partial charge on any atom is 0.0991 e. The molecule has 1 aromatic carbocycles. The summed E-state index contributed by atoms with van der Waals surface area (Å²) in [5.74, 6) is 0. The van der Waals surface area contributed by atoms with E-state index in [0.717, 1.165) is 12.1 Å². The van der Waals surface area contributed by atoms with Gasteiger partial charge >= 0.3 is 0 Å². The summed E-state index contributed by atoms with van der Waals surface area (Å²) in [6, 6.07) is 9.13. The second kappa shape index (κ2) is 5.38. The van der Waals surface area contributed by atoms with Gasteiger partial charge in [0.05, 0.1) is 17.7 Å². The molecule has 0 aromatic heterocycles. The molecule has 1 rings (SSSR count). The predicted octanol–water partition coefficient (Wildman–Crippen LogP) is 1.20. The van der Waals surface area contributed by atoms with Crippen molar-refractivity contribution in [1.82, 2.24) is 5.32 Å². The van der Waals surface area contributed by atoms with Gasteiger partial charge in [-0.25, -0.2) is 0 Å². The lowest BCUT2D eigenvalue weighted by Gasteiger charge is -2.10. The molecular formula is C11H14N2O. The molecule has 0 saturated heterocycles. The van der Waals surface area contributed by atoms with E-state index in [2.05, 4.69) is 11.4 Å². The van der Waals surface area contributed by atoms with Crippen LogP contribution in [0.2, 0.25) is 0 Å². The summed E-state index contributed by atoms with van der Waals surface area (Å²) in [6.45, 7) is 0.762. The Bertz CT molecular complexity index is 330. The van der Waals surface area contributed by atoms with E-state index in [0.29, 0.717) is 12.0 Å². The molecule has 3 nitrogen and oxygen atoms in total. The molecule has 74 valence electrons. The number of nitrogens with one attached hydrogen (secondary N) is 1. The molecule has 14 heavy (non-hydrogen) atoms. The molecule has 0 spiro atoms. The van der Waals surface area contributed by atoms with E-state index < -0.39 is 6.10 Å². The summed E-state index contributed by atoms with van der Waals surface area (Å²) < 4.78 is 0. The lowest BCUT2D eigenvalue weighted by molar-refractivity contribution is 0.167. The summed E-state index contributed by atoms with van der Waals surface area (Å²) in [6.07, 6.45) is 0.168. The van der Waals surface area contributed by atoms with Crippen molar-refractivity contribution in [3.63, 3.8) is 0 Å². The van der Waals surface area contributed by atoms with Crippen molar-refractivity contribution in [1.29, 1.82) is 5.26 Å². The Morgan fingerprint density at radius 3 is 3.00 bits per heavy atom. The maximum absolute atomic E-state index is 9.72. The highest BCUT2D eigenvalue weighted by atomic mass is 16.3. The van der Waals surface area contributed by atoms with Crippen LogP contribution < -0.4 is 5.32 Å². The highest BCUT2D eigenvalue weighted by molar-refractivity contribution is 5.33. The third-order valence-electron chi connectivity index (χ3n) is 2.07. The Balaban J connectivity index is 2.70. The molecule has 0 bridgehead atoms. The van der Waals surface area contributed by atoms with Crippen LogP contribution in [0.15, 0.2) is 24.3 Å². The predicted molar refractivity (Wildman–Crippen MR) is 54.7 cm³/mol. The van der Waals surface area contributed by atoms with Crippen LogP contribution in [0.1, 0.15) is 23.7 Å². The van der Waals surface area contributed by atoms with Crippen LogP contribution in [-0.2, 0) is 0 Å². The van der Waals surface area contributed by atoms with E-state index >= 15 is 0 Å². The van der Waals surface area contributed by atoms with Gasteiger partial charge in [0, 0.05) is 0 Å². The fraction of sp³-hybridized carbons (Fsp3) is 0.364. The SMILES string of the molecule is CNCCC(O)c1cccc(C#N)c1. The van der Waals surface area contributed by atoms with Gasteiger partial charge in [-0.2, -0.15) is 5.26 Å². The normalized spacial score (nSPS) is 12.1. The number of nitrogens with zero attached hydrogens (tertiary/aromatic N) is 1. The quantitative estimate of drug-likeness (QED) is 0.750. The van der Waals surface area contributed by atoms with Gasteiger partial charge in [0.1, 0.15) is 0 Å². The van der Waals surface area contributed by atoms with Crippen molar-refractivity contribution in [2.24, 2.45) is 0 Å². The van der Waals surface area contributed by atoms with Crippen LogP contribution in [0.5, 0.6) is 0 Å². The minimum Gasteiger partial charge on any atom is -0.388 e. The zero-order valence-corrected chi connectivity index (χ0v) is 8.20. The molecule has 1 aromatic rings. The number of nitriles is 1. The first-order valence-corrected chi connectivity index (χ1v) is 4.60. The van der Waals surface area contributed by atoms with Crippen LogP contribution in [-0.4, -0.2) is 18.7 Å². The van der Waals surface area contributed by atoms with Crippen molar-refractivity contribution in [2.45, 2.75) is 12.5 Å². The van der Waals surface area contributed by atoms with Crippen molar-refractivity contribution in [3.8, 4) is 6.07 Å². The fourth-order valence-electron chi connectivity index (χ4n) is 1.26. The molecule has 1 atom stereocenters. The van der Waals surface area contributed by atoms with Crippen LogP contribution in [0.25, 0.3) is 0 Å². The molecule has 0 heterocycles. The summed E-state index contributed by atoms with van der Waals surface area (Å²) in [5, 5.41) is 21.4. The standard InChI is InChI=1S/C11H14N2O/c1-13-6-5-11(14)10-4-2-3-9(7-10)8-12/h2-4,7,11,13-14H,5-6H2,1H3. The molecule has 0 aliphatic carbocycles. The summed E-state index contributed by atoms with van der Waals surface area (Å²) >= 11 is 0. The average Bonchev–Trinajstić information content (AvgIpc) is 2.26. The molecule has 1 unspecified atom stereocenters. The van der Waals surface area contributed by atoms with Gasteiger partial charge in [0.25, 0.3) is 0 Å². The summed E-state index contributed by atoms with van der Waals surface area (Å²) in [4.78, 5) is 0. The third-order valence-corrected chi connectivity index (χ3v) is 2.07. The van der Waals surface area contributed by atoms with Crippen molar-refractivity contribution in [2.75, 3.05) is 13.6 Å². The van der Waals surface area contributed by atoms with Gasteiger partial charge in [-0.3, -0.25) is 0 Å². The summed E-state index contributed by atoms with van der Waals surface area (Å²) in [5.41, 5.74) is 1.39. The largest absolute Gasteiger partial charge is 0.388 e. The summed E-state index contributed by atoms with van der Waals surface area (Å²) in [7, 11) is 1.85. The number of benzene rings is 1. The smallest absolute Gasteiger partial charge is 0.0991 e. The van der Waals surface area contributed by atoms with Gasteiger partial charge in [0.2, 0.25) is 0 Å². The highest BCUT2D eigenvalue weighted by Gasteiger charge is 2.06. The van der Waals surface area contributed by atoms with Gasteiger partial charge < -0.3 is 10.4 Å². The number of hydrogen-bond acceptors (Lipinski definition) is 3.